The summed E-state index contributed by atoms with van der Waals surface area (Å²) in [7, 11) is 3.04. The lowest BCUT2D eigenvalue weighted by Crippen LogP contribution is -2.23. The smallest absolute Gasteiger partial charge is 0.167 e. The number of methoxy groups -OCH3 is 2. The molecule has 136 valence electrons. The van der Waals surface area contributed by atoms with E-state index in [0.717, 1.165) is 11.5 Å². The van der Waals surface area contributed by atoms with Crippen molar-refractivity contribution in [3.63, 3.8) is 0 Å². The van der Waals surface area contributed by atoms with E-state index in [2.05, 4.69) is 15.3 Å². The zero-order chi connectivity index (χ0) is 18.5. The van der Waals surface area contributed by atoms with E-state index in [1.54, 1.807) is 13.2 Å². The van der Waals surface area contributed by atoms with E-state index in [0.29, 0.717) is 23.3 Å². The van der Waals surface area contributed by atoms with Gasteiger partial charge in [-0.3, -0.25) is 0 Å². The molecule has 0 saturated carbocycles. The van der Waals surface area contributed by atoms with Crippen LogP contribution in [0.25, 0.3) is 10.9 Å². The van der Waals surface area contributed by atoms with Crippen molar-refractivity contribution in [1.29, 1.82) is 0 Å². The van der Waals surface area contributed by atoms with Crippen LogP contribution in [0.4, 0.5) is 10.2 Å². The molecule has 0 aliphatic rings. The first-order valence-corrected chi connectivity index (χ1v) is 8.13. The van der Waals surface area contributed by atoms with Crippen molar-refractivity contribution in [2.75, 3.05) is 26.1 Å². The Kier molecular flexibility index (Phi) is 5.36. The first-order chi connectivity index (χ1) is 12.6. The number of aromatic nitrogens is 2. The fourth-order valence-corrected chi connectivity index (χ4v) is 2.52. The molecule has 0 amide bonds. The van der Waals surface area contributed by atoms with E-state index in [9.17, 15) is 4.39 Å². The van der Waals surface area contributed by atoms with Gasteiger partial charge in [0.25, 0.3) is 0 Å². The van der Waals surface area contributed by atoms with E-state index in [1.165, 1.54) is 19.5 Å². The number of halogens is 1. The van der Waals surface area contributed by atoms with Crippen molar-refractivity contribution < 1.29 is 18.6 Å². The number of nitrogens with zero attached hydrogens (tertiary/aromatic N) is 2. The molecule has 1 unspecified atom stereocenters. The monoisotopic (exact) mass is 357 g/mol. The van der Waals surface area contributed by atoms with Crippen LogP contribution in [0.1, 0.15) is 6.92 Å². The molecule has 2 aromatic carbocycles. The summed E-state index contributed by atoms with van der Waals surface area (Å²) in [6.07, 6.45) is 1.28. The molecule has 0 radical (unpaired) electrons. The largest absolute Gasteiger partial charge is 0.497 e. The van der Waals surface area contributed by atoms with Crippen LogP contribution in [0.2, 0.25) is 0 Å². The summed E-state index contributed by atoms with van der Waals surface area (Å²) in [6, 6.07) is 10.3. The van der Waals surface area contributed by atoms with E-state index < -0.39 is 5.82 Å². The van der Waals surface area contributed by atoms with Gasteiger partial charge in [0.15, 0.2) is 11.6 Å². The Morgan fingerprint density at radius 2 is 1.77 bits per heavy atom. The first kappa shape index (κ1) is 17.7. The van der Waals surface area contributed by atoms with Crippen LogP contribution in [-0.4, -0.2) is 36.8 Å². The van der Waals surface area contributed by atoms with E-state index in [-0.39, 0.29) is 11.9 Å². The summed E-state index contributed by atoms with van der Waals surface area (Å²) in [4.78, 5) is 8.34. The number of hydrogen-bond donors (Lipinski definition) is 1. The highest BCUT2D eigenvalue weighted by atomic mass is 19.1. The fourth-order valence-electron chi connectivity index (χ4n) is 2.52. The van der Waals surface area contributed by atoms with Gasteiger partial charge in [0.2, 0.25) is 0 Å². The second-order valence-corrected chi connectivity index (χ2v) is 5.71. The molecule has 6 nitrogen and oxygen atoms in total. The first-order valence-electron chi connectivity index (χ1n) is 8.13. The average molecular weight is 357 g/mol. The minimum Gasteiger partial charge on any atom is -0.497 e. The van der Waals surface area contributed by atoms with Crippen LogP contribution in [0.3, 0.4) is 0 Å². The molecule has 0 fully saturated rings. The van der Waals surface area contributed by atoms with Crippen molar-refractivity contribution >= 4 is 16.7 Å². The molecule has 7 heteroatoms. The highest BCUT2D eigenvalue weighted by Gasteiger charge is 2.11. The second kappa shape index (κ2) is 7.86. The summed E-state index contributed by atoms with van der Waals surface area (Å²) in [6.45, 7) is 2.46. The third-order valence-corrected chi connectivity index (χ3v) is 3.86. The van der Waals surface area contributed by atoms with Gasteiger partial charge in [-0.25, -0.2) is 14.4 Å². The lowest BCUT2D eigenvalue weighted by atomic mass is 10.2. The van der Waals surface area contributed by atoms with Crippen molar-refractivity contribution in [1.82, 2.24) is 9.97 Å². The van der Waals surface area contributed by atoms with Crippen LogP contribution in [0.5, 0.6) is 17.2 Å². The summed E-state index contributed by atoms with van der Waals surface area (Å²) in [5.41, 5.74) is 0.504. The van der Waals surface area contributed by atoms with Gasteiger partial charge in [0.05, 0.1) is 26.3 Å². The van der Waals surface area contributed by atoms with Crippen molar-refractivity contribution in [3.8, 4) is 17.2 Å². The Bertz CT molecular complexity index is 887. The van der Waals surface area contributed by atoms with Crippen LogP contribution in [-0.2, 0) is 0 Å². The maximum absolute atomic E-state index is 13.8. The Morgan fingerprint density at radius 3 is 2.46 bits per heavy atom. The number of ether oxygens (including phenoxy) is 3. The van der Waals surface area contributed by atoms with Gasteiger partial charge in [0.1, 0.15) is 29.7 Å². The standard InChI is InChI=1S/C19H20FN3O3/c1-12(26-14-6-4-13(24-2)5-7-14)10-21-19-15-8-18(25-3)16(20)9-17(15)22-11-23-19/h4-9,11-12H,10H2,1-3H3,(H,21,22,23). The molecular formula is C19H20FN3O3. The predicted octanol–water partition coefficient (Wildman–Crippen LogP) is 3.67. The summed E-state index contributed by atoms with van der Waals surface area (Å²) >= 11 is 0. The molecule has 3 aromatic rings. The lowest BCUT2D eigenvalue weighted by molar-refractivity contribution is 0.234. The van der Waals surface area contributed by atoms with Crippen molar-refractivity contribution in [3.05, 3.63) is 48.5 Å². The van der Waals surface area contributed by atoms with Crippen molar-refractivity contribution in [2.45, 2.75) is 13.0 Å². The van der Waals surface area contributed by atoms with Crippen LogP contribution in [0, 0.1) is 5.82 Å². The molecule has 0 spiro atoms. The van der Waals surface area contributed by atoms with Gasteiger partial charge in [-0.15, -0.1) is 0 Å². The Labute approximate surface area is 150 Å². The third kappa shape index (κ3) is 3.93. The minimum absolute atomic E-state index is 0.115. The highest BCUT2D eigenvalue weighted by Crippen LogP contribution is 2.27. The van der Waals surface area contributed by atoms with E-state index in [1.807, 2.05) is 31.2 Å². The van der Waals surface area contributed by atoms with Crippen LogP contribution in [0.15, 0.2) is 42.7 Å². The number of nitrogens with one attached hydrogen (secondary N) is 1. The number of fused-ring (bicyclic) bond motifs is 1. The topological polar surface area (TPSA) is 65.5 Å². The Hall–Kier alpha value is -3.09. The van der Waals surface area contributed by atoms with Gasteiger partial charge >= 0.3 is 0 Å². The summed E-state index contributed by atoms with van der Waals surface area (Å²) in [5.74, 6) is 1.81. The van der Waals surface area contributed by atoms with Gasteiger partial charge in [-0.05, 0) is 37.3 Å². The molecular weight excluding hydrogens is 337 g/mol. The van der Waals surface area contributed by atoms with Gasteiger partial charge in [-0.2, -0.15) is 0 Å². The quantitative estimate of drug-likeness (QED) is 0.696. The van der Waals surface area contributed by atoms with E-state index >= 15 is 0 Å². The average Bonchev–Trinajstić information content (AvgIpc) is 2.66. The Morgan fingerprint density at radius 1 is 1.04 bits per heavy atom. The van der Waals surface area contributed by atoms with Gasteiger partial charge < -0.3 is 19.5 Å². The lowest BCUT2D eigenvalue weighted by Gasteiger charge is -2.17. The predicted molar refractivity (Wildman–Crippen MR) is 97.6 cm³/mol. The normalized spacial score (nSPS) is 11.8. The molecule has 0 aliphatic heterocycles. The van der Waals surface area contributed by atoms with Crippen LogP contribution < -0.4 is 19.5 Å². The molecule has 26 heavy (non-hydrogen) atoms. The SMILES string of the molecule is COc1ccc(OC(C)CNc2ncnc3cc(F)c(OC)cc23)cc1. The zero-order valence-electron chi connectivity index (χ0n) is 14.8. The summed E-state index contributed by atoms with van der Waals surface area (Å²) < 4.78 is 29.9. The maximum Gasteiger partial charge on any atom is 0.167 e. The second-order valence-electron chi connectivity index (χ2n) is 5.71. The maximum atomic E-state index is 13.8. The number of anilines is 1. The molecule has 0 bridgehead atoms. The molecule has 0 aliphatic carbocycles. The molecule has 1 atom stereocenters. The van der Waals surface area contributed by atoms with Gasteiger partial charge in [-0.1, -0.05) is 0 Å². The third-order valence-electron chi connectivity index (χ3n) is 3.86. The molecule has 0 saturated heterocycles. The zero-order valence-corrected chi connectivity index (χ0v) is 14.8. The van der Waals surface area contributed by atoms with Crippen molar-refractivity contribution in [2.24, 2.45) is 0 Å². The Balaban J connectivity index is 1.70. The fraction of sp³-hybridized carbons (Fsp3) is 0.263. The molecule has 1 N–H and O–H groups in total. The summed E-state index contributed by atoms with van der Waals surface area (Å²) in [5, 5.41) is 3.90. The minimum atomic E-state index is -0.458. The number of rotatable bonds is 7. The van der Waals surface area contributed by atoms with E-state index in [4.69, 9.17) is 14.2 Å². The molecule has 1 heterocycles. The molecule has 1 aromatic heterocycles. The number of hydrogen-bond acceptors (Lipinski definition) is 6. The highest BCUT2D eigenvalue weighted by molar-refractivity contribution is 5.90. The van der Waals surface area contributed by atoms with Gasteiger partial charge in [0, 0.05) is 11.5 Å². The van der Waals surface area contributed by atoms with Crippen LogP contribution >= 0.6 is 0 Å². The molecule has 3 rings (SSSR count). The number of benzene rings is 2.